The van der Waals surface area contributed by atoms with Crippen LogP contribution in [0.25, 0.3) is 0 Å². The molecule has 0 spiro atoms. The second kappa shape index (κ2) is 7.99. The Morgan fingerprint density at radius 2 is 1.58 bits per heavy atom. The van der Waals surface area contributed by atoms with Crippen LogP contribution in [0.5, 0.6) is 0 Å². The molecule has 0 aliphatic carbocycles. The molecule has 0 amide bonds. The number of ether oxygens (including phenoxy) is 1. The highest BCUT2D eigenvalue weighted by Gasteiger charge is 2.18. The van der Waals surface area contributed by atoms with E-state index in [1.54, 1.807) is 29.3 Å². The maximum atomic E-state index is 6.33. The average Bonchev–Trinajstić information content (AvgIpc) is 3.06. The fourth-order valence-electron chi connectivity index (χ4n) is 2.27. The molecule has 24 heavy (non-hydrogen) atoms. The molecule has 0 aliphatic heterocycles. The van der Waals surface area contributed by atoms with Gasteiger partial charge in [-0.1, -0.05) is 53.0 Å². The molecule has 3 rings (SSSR count). The molecule has 4 nitrogen and oxygen atoms in total. The predicted octanol–water partition coefficient (Wildman–Crippen LogP) is 5.20. The fourth-order valence-corrected chi connectivity index (χ4v) is 2.92. The molecule has 1 heterocycles. The zero-order chi connectivity index (χ0) is 16.9. The van der Waals surface area contributed by atoms with E-state index in [0.29, 0.717) is 28.2 Å². The van der Waals surface area contributed by atoms with Crippen molar-refractivity contribution in [2.75, 3.05) is 0 Å². The quantitative estimate of drug-likeness (QED) is 0.588. The first-order valence-electron chi connectivity index (χ1n) is 7.27. The Labute approximate surface area is 154 Å². The van der Waals surface area contributed by atoms with Gasteiger partial charge >= 0.3 is 0 Å². The van der Waals surface area contributed by atoms with Gasteiger partial charge in [0.15, 0.2) is 0 Å². The highest BCUT2D eigenvalue weighted by molar-refractivity contribution is 6.35. The van der Waals surface area contributed by atoms with Crippen molar-refractivity contribution in [2.45, 2.75) is 19.3 Å². The summed E-state index contributed by atoms with van der Waals surface area (Å²) in [6.07, 6.45) is 2.94. The number of hydrogen-bond acceptors (Lipinski definition) is 3. The molecule has 3 aromatic rings. The first-order valence-corrected chi connectivity index (χ1v) is 8.40. The van der Waals surface area contributed by atoms with E-state index in [-0.39, 0.29) is 6.10 Å². The third-order valence-electron chi connectivity index (χ3n) is 3.47. The number of aromatic nitrogens is 3. The summed E-state index contributed by atoms with van der Waals surface area (Å²) in [7, 11) is 0. The van der Waals surface area contributed by atoms with Crippen LogP contribution in [0.2, 0.25) is 15.1 Å². The summed E-state index contributed by atoms with van der Waals surface area (Å²) >= 11 is 18.2. The van der Waals surface area contributed by atoms with Gasteiger partial charge in [-0.25, -0.2) is 0 Å². The largest absolute Gasteiger partial charge is 0.367 e. The van der Waals surface area contributed by atoms with Gasteiger partial charge in [0, 0.05) is 20.6 Å². The van der Waals surface area contributed by atoms with Crippen molar-refractivity contribution in [2.24, 2.45) is 0 Å². The van der Waals surface area contributed by atoms with Crippen LogP contribution in [-0.4, -0.2) is 15.0 Å². The Balaban J connectivity index is 1.80. The molecule has 124 valence electrons. The SMILES string of the molecule is Clc1ccc(COC(Cn2nccn2)c2ccc(Cl)cc2Cl)cc1. The second-order valence-corrected chi connectivity index (χ2v) is 6.46. The molecule has 1 unspecified atom stereocenters. The predicted molar refractivity (Wildman–Crippen MR) is 95.5 cm³/mol. The number of hydrogen-bond donors (Lipinski definition) is 0. The standard InChI is InChI=1S/C17H14Cl3N3O/c18-13-3-1-12(2-4-13)11-24-17(10-23-21-7-8-22-23)15-6-5-14(19)9-16(15)20/h1-9,17H,10-11H2. The van der Waals surface area contributed by atoms with Crippen molar-refractivity contribution in [3.63, 3.8) is 0 Å². The van der Waals surface area contributed by atoms with Crippen LogP contribution in [0.1, 0.15) is 17.2 Å². The maximum absolute atomic E-state index is 6.33. The normalized spacial score (nSPS) is 12.3. The average molecular weight is 383 g/mol. The van der Waals surface area contributed by atoms with E-state index in [2.05, 4.69) is 10.2 Å². The Bertz CT molecular complexity index is 791. The smallest absolute Gasteiger partial charge is 0.106 e. The first-order chi connectivity index (χ1) is 11.6. The Hall–Kier alpha value is -1.59. The van der Waals surface area contributed by atoms with E-state index in [1.807, 2.05) is 30.3 Å². The third kappa shape index (κ3) is 4.48. The number of benzene rings is 2. The molecule has 1 aromatic heterocycles. The lowest BCUT2D eigenvalue weighted by molar-refractivity contribution is 0.0230. The number of rotatable bonds is 6. The van der Waals surface area contributed by atoms with E-state index in [0.717, 1.165) is 11.1 Å². The summed E-state index contributed by atoms with van der Waals surface area (Å²) in [6.45, 7) is 0.865. The summed E-state index contributed by atoms with van der Waals surface area (Å²) < 4.78 is 6.08. The van der Waals surface area contributed by atoms with Crippen molar-refractivity contribution in [3.8, 4) is 0 Å². The van der Waals surface area contributed by atoms with Crippen LogP contribution in [0.4, 0.5) is 0 Å². The van der Waals surface area contributed by atoms with Gasteiger partial charge in [-0.2, -0.15) is 15.0 Å². The summed E-state index contributed by atoms with van der Waals surface area (Å²) in [6, 6.07) is 12.9. The molecule has 0 fully saturated rings. The van der Waals surface area contributed by atoms with E-state index in [1.165, 1.54) is 0 Å². The molecule has 0 saturated carbocycles. The van der Waals surface area contributed by atoms with Crippen molar-refractivity contribution in [1.29, 1.82) is 0 Å². The fraction of sp³-hybridized carbons (Fsp3) is 0.176. The summed E-state index contributed by atoms with van der Waals surface area (Å²) in [5.74, 6) is 0. The molecule has 0 N–H and O–H groups in total. The van der Waals surface area contributed by atoms with Crippen LogP contribution < -0.4 is 0 Å². The Kier molecular flexibility index (Phi) is 5.74. The van der Waals surface area contributed by atoms with Crippen molar-refractivity contribution in [3.05, 3.63) is 81.1 Å². The lowest BCUT2D eigenvalue weighted by atomic mass is 10.1. The van der Waals surface area contributed by atoms with Crippen molar-refractivity contribution < 1.29 is 4.74 Å². The van der Waals surface area contributed by atoms with Crippen LogP contribution in [0, 0.1) is 0 Å². The van der Waals surface area contributed by atoms with Gasteiger partial charge < -0.3 is 4.74 Å². The van der Waals surface area contributed by atoms with Crippen LogP contribution in [-0.2, 0) is 17.9 Å². The van der Waals surface area contributed by atoms with E-state index >= 15 is 0 Å². The van der Waals surface area contributed by atoms with Crippen LogP contribution in [0.15, 0.2) is 54.9 Å². The number of halogens is 3. The Morgan fingerprint density at radius 3 is 2.25 bits per heavy atom. The van der Waals surface area contributed by atoms with Crippen LogP contribution >= 0.6 is 34.8 Å². The molecule has 0 aliphatic rings. The molecule has 0 bridgehead atoms. The first kappa shape index (κ1) is 17.2. The highest BCUT2D eigenvalue weighted by atomic mass is 35.5. The zero-order valence-electron chi connectivity index (χ0n) is 12.6. The lowest BCUT2D eigenvalue weighted by Gasteiger charge is -2.19. The zero-order valence-corrected chi connectivity index (χ0v) is 14.8. The second-order valence-electron chi connectivity index (χ2n) is 5.18. The van der Waals surface area contributed by atoms with Gasteiger partial charge in [0.2, 0.25) is 0 Å². The van der Waals surface area contributed by atoms with Gasteiger partial charge in [-0.15, -0.1) is 0 Å². The topological polar surface area (TPSA) is 39.9 Å². The third-order valence-corrected chi connectivity index (χ3v) is 4.28. The van der Waals surface area contributed by atoms with E-state index < -0.39 is 0 Å². The Morgan fingerprint density at radius 1 is 0.917 bits per heavy atom. The van der Waals surface area contributed by atoms with Crippen LogP contribution in [0.3, 0.4) is 0 Å². The van der Waals surface area contributed by atoms with Crippen molar-refractivity contribution >= 4 is 34.8 Å². The summed E-state index contributed by atoms with van der Waals surface area (Å²) in [5, 5.41) is 10.1. The number of nitrogens with zero attached hydrogens (tertiary/aromatic N) is 3. The highest BCUT2D eigenvalue weighted by Crippen LogP contribution is 2.30. The van der Waals surface area contributed by atoms with Gasteiger partial charge in [0.1, 0.15) is 6.10 Å². The maximum Gasteiger partial charge on any atom is 0.106 e. The van der Waals surface area contributed by atoms with Gasteiger partial charge in [0.05, 0.1) is 25.5 Å². The molecular weight excluding hydrogens is 369 g/mol. The monoisotopic (exact) mass is 381 g/mol. The minimum Gasteiger partial charge on any atom is -0.367 e. The molecule has 7 heteroatoms. The minimum absolute atomic E-state index is 0.308. The molecule has 1 atom stereocenters. The summed E-state index contributed by atoms with van der Waals surface area (Å²) in [5.41, 5.74) is 1.86. The molecule has 0 saturated heterocycles. The van der Waals surface area contributed by atoms with E-state index in [4.69, 9.17) is 39.5 Å². The van der Waals surface area contributed by atoms with Gasteiger partial charge in [-0.3, -0.25) is 0 Å². The van der Waals surface area contributed by atoms with E-state index in [9.17, 15) is 0 Å². The van der Waals surface area contributed by atoms with Crippen molar-refractivity contribution in [1.82, 2.24) is 15.0 Å². The minimum atomic E-state index is -0.308. The molecule has 2 aromatic carbocycles. The molecular formula is C17H14Cl3N3O. The lowest BCUT2D eigenvalue weighted by Crippen LogP contribution is -2.15. The van der Waals surface area contributed by atoms with Gasteiger partial charge in [0.25, 0.3) is 0 Å². The summed E-state index contributed by atoms with van der Waals surface area (Å²) in [4.78, 5) is 1.57. The molecule has 0 radical (unpaired) electrons. The van der Waals surface area contributed by atoms with Gasteiger partial charge in [-0.05, 0) is 29.8 Å².